The molecule has 5 nitrogen and oxygen atoms in total. The van der Waals surface area contributed by atoms with E-state index in [0.717, 1.165) is 0 Å². The van der Waals surface area contributed by atoms with E-state index < -0.39 is 5.97 Å². The molecule has 0 spiro atoms. The highest BCUT2D eigenvalue weighted by molar-refractivity contribution is 5.76. The summed E-state index contributed by atoms with van der Waals surface area (Å²) in [6.45, 7) is 16.0. The first-order valence-electron chi connectivity index (χ1n) is 7.27. The number of amides is 2. The lowest BCUT2D eigenvalue weighted by Gasteiger charge is -2.36. The van der Waals surface area contributed by atoms with Gasteiger partial charge in [-0.2, -0.15) is 0 Å². The van der Waals surface area contributed by atoms with Crippen LogP contribution in [0.5, 0.6) is 0 Å². The summed E-state index contributed by atoms with van der Waals surface area (Å²) < 4.78 is 0. The van der Waals surface area contributed by atoms with Gasteiger partial charge < -0.3 is 15.3 Å². The SMILES string of the molecule is C=CCN(C(=O)NC(CC(=O)O)CC(C)(C)C)C(C)(C)C. The number of hydrogen-bond acceptors (Lipinski definition) is 2. The molecular weight excluding hydrogens is 268 g/mol. The lowest BCUT2D eigenvalue weighted by Crippen LogP contribution is -2.53. The van der Waals surface area contributed by atoms with Crippen molar-refractivity contribution in [3.63, 3.8) is 0 Å². The van der Waals surface area contributed by atoms with E-state index in [0.29, 0.717) is 13.0 Å². The summed E-state index contributed by atoms with van der Waals surface area (Å²) in [5.74, 6) is -0.907. The Balaban J connectivity index is 4.99. The molecule has 21 heavy (non-hydrogen) atoms. The Hall–Kier alpha value is -1.52. The van der Waals surface area contributed by atoms with Crippen molar-refractivity contribution >= 4 is 12.0 Å². The number of carbonyl (C=O) groups is 2. The summed E-state index contributed by atoms with van der Waals surface area (Å²) >= 11 is 0. The zero-order valence-electron chi connectivity index (χ0n) is 14.2. The second-order valence-corrected chi connectivity index (χ2v) is 7.58. The number of nitrogens with one attached hydrogen (secondary N) is 1. The zero-order valence-corrected chi connectivity index (χ0v) is 14.2. The average molecular weight is 298 g/mol. The highest BCUT2D eigenvalue weighted by Gasteiger charge is 2.29. The Morgan fingerprint density at radius 1 is 1.24 bits per heavy atom. The molecule has 0 fully saturated rings. The van der Waals surface area contributed by atoms with E-state index in [1.807, 2.05) is 41.5 Å². The van der Waals surface area contributed by atoms with Gasteiger partial charge in [0.05, 0.1) is 6.42 Å². The molecule has 0 heterocycles. The summed E-state index contributed by atoms with van der Waals surface area (Å²) in [5.41, 5.74) is -0.411. The molecule has 0 aromatic heterocycles. The minimum Gasteiger partial charge on any atom is -0.481 e. The molecule has 122 valence electrons. The summed E-state index contributed by atoms with van der Waals surface area (Å²) in [4.78, 5) is 25.1. The fraction of sp³-hybridized carbons (Fsp3) is 0.750. The molecule has 0 radical (unpaired) electrons. The van der Waals surface area contributed by atoms with Crippen molar-refractivity contribution in [2.75, 3.05) is 6.54 Å². The molecular formula is C16H30N2O3. The number of rotatable bonds is 6. The van der Waals surface area contributed by atoms with Crippen LogP contribution in [0, 0.1) is 5.41 Å². The van der Waals surface area contributed by atoms with Crippen LogP contribution in [0.15, 0.2) is 12.7 Å². The predicted octanol–water partition coefficient (Wildman–Crippen LogP) is 3.26. The highest BCUT2D eigenvalue weighted by atomic mass is 16.4. The van der Waals surface area contributed by atoms with Crippen molar-refractivity contribution in [1.29, 1.82) is 0 Å². The molecule has 0 aliphatic rings. The number of hydrogen-bond donors (Lipinski definition) is 2. The molecule has 5 heteroatoms. The van der Waals surface area contributed by atoms with Crippen molar-refractivity contribution in [1.82, 2.24) is 10.2 Å². The molecule has 0 rings (SSSR count). The summed E-state index contributed by atoms with van der Waals surface area (Å²) in [7, 11) is 0. The Morgan fingerprint density at radius 3 is 2.10 bits per heavy atom. The molecule has 1 unspecified atom stereocenters. The summed E-state index contributed by atoms with van der Waals surface area (Å²) in [5, 5.41) is 11.9. The van der Waals surface area contributed by atoms with Crippen molar-refractivity contribution in [3.8, 4) is 0 Å². The maximum absolute atomic E-state index is 12.4. The van der Waals surface area contributed by atoms with Gasteiger partial charge in [-0.1, -0.05) is 26.8 Å². The van der Waals surface area contributed by atoms with E-state index in [1.165, 1.54) is 0 Å². The van der Waals surface area contributed by atoms with E-state index in [1.54, 1.807) is 11.0 Å². The standard InChI is InChI=1S/C16H30N2O3/c1-8-9-18(16(5,6)7)14(21)17-12(10-13(19)20)11-15(2,3)4/h8,12H,1,9-11H2,2-7H3,(H,17,21)(H,19,20). The lowest BCUT2D eigenvalue weighted by molar-refractivity contribution is -0.137. The summed E-state index contributed by atoms with van der Waals surface area (Å²) in [6.07, 6.45) is 2.20. The minimum atomic E-state index is -0.907. The van der Waals surface area contributed by atoms with Gasteiger partial charge in [0.2, 0.25) is 0 Å². The normalized spacial score (nSPS) is 13.4. The number of nitrogens with zero attached hydrogens (tertiary/aromatic N) is 1. The van der Waals surface area contributed by atoms with E-state index >= 15 is 0 Å². The van der Waals surface area contributed by atoms with Crippen LogP contribution in [0.1, 0.15) is 54.4 Å². The molecule has 0 aliphatic carbocycles. The molecule has 2 amide bonds. The third-order valence-electron chi connectivity index (χ3n) is 2.97. The van der Waals surface area contributed by atoms with Crippen molar-refractivity contribution in [2.45, 2.75) is 66.0 Å². The van der Waals surface area contributed by atoms with Gasteiger partial charge in [-0.25, -0.2) is 4.79 Å². The molecule has 2 N–H and O–H groups in total. The van der Waals surface area contributed by atoms with E-state index in [2.05, 4.69) is 11.9 Å². The number of carbonyl (C=O) groups excluding carboxylic acids is 1. The van der Waals surface area contributed by atoms with Crippen molar-refractivity contribution in [3.05, 3.63) is 12.7 Å². The van der Waals surface area contributed by atoms with Crippen LogP contribution in [0.4, 0.5) is 4.79 Å². The first-order chi connectivity index (χ1) is 9.36. The molecule has 0 aromatic rings. The second kappa shape index (κ2) is 7.48. The van der Waals surface area contributed by atoms with Crippen LogP contribution >= 0.6 is 0 Å². The van der Waals surface area contributed by atoms with Gasteiger partial charge in [-0.05, 0) is 32.6 Å². The fourth-order valence-electron chi connectivity index (χ4n) is 2.17. The predicted molar refractivity (Wildman–Crippen MR) is 85.3 cm³/mol. The van der Waals surface area contributed by atoms with Crippen LogP contribution in [0.3, 0.4) is 0 Å². The molecule has 0 saturated heterocycles. The number of urea groups is 1. The molecule has 0 aromatic carbocycles. The minimum absolute atomic E-state index is 0.0571. The molecule has 0 saturated carbocycles. The Labute approximate surface area is 128 Å². The van der Waals surface area contributed by atoms with Gasteiger partial charge in [-0.3, -0.25) is 4.79 Å². The van der Waals surface area contributed by atoms with Crippen LogP contribution in [-0.2, 0) is 4.79 Å². The molecule has 1 atom stereocenters. The van der Waals surface area contributed by atoms with Gasteiger partial charge in [0.15, 0.2) is 0 Å². The molecule has 0 aliphatic heterocycles. The van der Waals surface area contributed by atoms with Gasteiger partial charge in [0.25, 0.3) is 0 Å². The maximum Gasteiger partial charge on any atom is 0.318 e. The number of carboxylic acid groups (broad SMARTS) is 1. The Kier molecular flexibility index (Phi) is 6.94. The van der Waals surface area contributed by atoms with Crippen LogP contribution in [0.25, 0.3) is 0 Å². The fourth-order valence-corrected chi connectivity index (χ4v) is 2.17. The summed E-state index contributed by atoms with van der Waals surface area (Å²) in [6, 6.07) is -0.637. The largest absolute Gasteiger partial charge is 0.481 e. The van der Waals surface area contributed by atoms with Gasteiger partial charge >= 0.3 is 12.0 Å². The van der Waals surface area contributed by atoms with Gasteiger partial charge in [-0.15, -0.1) is 6.58 Å². The Morgan fingerprint density at radius 2 is 1.76 bits per heavy atom. The smallest absolute Gasteiger partial charge is 0.318 e. The van der Waals surface area contributed by atoms with Crippen LogP contribution in [-0.4, -0.2) is 40.1 Å². The third kappa shape index (κ3) is 8.38. The van der Waals surface area contributed by atoms with Crippen molar-refractivity contribution in [2.24, 2.45) is 5.41 Å². The first kappa shape index (κ1) is 19.5. The van der Waals surface area contributed by atoms with Crippen molar-refractivity contribution < 1.29 is 14.7 Å². The number of carboxylic acids is 1. The van der Waals surface area contributed by atoms with Gasteiger partial charge in [0.1, 0.15) is 0 Å². The average Bonchev–Trinajstić information content (AvgIpc) is 2.20. The Bertz CT molecular complexity index is 378. The monoisotopic (exact) mass is 298 g/mol. The quantitative estimate of drug-likeness (QED) is 0.739. The topological polar surface area (TPSA) is 69.6 Å². The lowest BCUT2D eigenvalue weighted by atomic mass is 9.87. The van der Waals surface area contributed by atoms with Gasteiger partial charge in [0, 0.05) is 18.1 Å². The van der Waals surface area contributed by atoms with Crippen LogP contribution < -0.4 is 5.32 Å². The first-order valence-corrected chi connectivity index (χ1v) is 7.27. The highest BCUT2D eigenvalue weighted by Crippen LogP contribution is 2.23. The maximum atomic E-state index is 12.4. The van der Waals surface area contributed by atoms with E-state index in [-0.39, 0.29) is 29.4 Å². The zero-order chi connectivity index (χ0) is 16.8. The molecule has 0 bridgehead atoms. The second-order valence-electron chi connectivity index (χ2n) is 7.58. The number of aliphatic carboxylic acids is 1. The third-order valence-corrected chi connectivity index (χ3v) is 2.97. The van der Waals surface area contributed by atoms with E-state index in [9.17, 15) is 9.59 Å². The van der Waals surface area contributed by atoms with Crippen LogP contribution in [0.2, 0.25) is 0 Å². The van der Waals surface area contributed by atoms with E-state index in [4.69, 9.17) is 5.11 Å².